The molecule has 0 saturated heterocycles. The number of aliphatic hydroxyl groups excluding tert-OH is 1. The average Bonchev–Trinajstić information content (AvgIpc) is 3.10. The number of nitrogens with zero attached hydrogens (tertiary/aromatic N) is 1. The summed E-state index contributed by atoms with van der Waals surface area (Å²) in [6.45, 7) is 3.51. The molecule has 3 nitrogen and oxygen atoms in total. The average molecular weight is 322 g/mol. The summed E-state index contributed by atoms with van der Waals surface area (Å²) in [7, 11) is 0. The van der Waals surface area contributed by atoms with Crippen molar-refractivity contribution < 1.29 is 9.90 Å². The molecule has 3 rings (SSSR count). The summed E-state index contributed by atoms with van der Waals surface area (Å²) in [6, 6.07) is 7.01. The molecule has 2 aliphatic carbocycles. The molecule has 0 aliphatic heterocycles. The highest BCUT2D eigenvalue weighted by Crippen LogP contribution is 2.52. The van der Waals surface area contributed by atoms with Crippen LogP contribution in [-0.2, 0) is 0 Å². The number of benzene rings is 1. The second-order valence-electron chi connectivity index (χ2n) is 6.84. The van der Waals surface area contributed by atoms with Gasteiger partial charge in [-0.3, -0.25) is 4.79 Å². The van der Waals surface area contributed by atoms with Gasteiger partial charge in [-0.15, -0.1) is 0 Å². The van der Waals surface area contributed by atoms with Gasteiger partial charge in [0.05, 0.1) is 6.61 Å². The molecule has 0 heterocycles. The number of carbonyl (C=O) groups is 1. The van der Waals surface area contributed by atoms with E-state index < -0.39 is 0 Å². The van der Waals surface area contributed by atoms with Crippen molar-refractivity contribution in [2.45, 2.75) is 26.2 Å². The number of amides is 1. The van der Waals surface area contributed by atoms with Crippen molar-refractivity contribution in [2.75, 3.05) is 19.7 Å². The lowest BCUT2D eigenvalue weighted by Crippen LogP contribution is -2.40. The summed E-state index contributed by atoms with van der Waals surface area (Å²) < 4.78 is 0. The zero-order valence-electron chi connectivity index (χ0n) is 13.0. The first kappa shape index (κ1) is 15.8. The molecule has 1 amide bonds. The highest BCUT2D eigenvalue weighted by molar-refractivity contribution is 6.30. The maximum absolute atomic E-state index is 12.7. The predicted octanol–water partition coefficient (Wildman–Crippen LogP) is 3.46. The number of carbonyl (C=O) groups excluding carboxylic acids is 1. The summed E-state index contributed by atoms with van der Waals surface area (Å²) in [6.07, 6.45) is 3.99. The summed E-state index contributed by atoms with van der Waals surface area (Å²) in [5.74, 6) is 2.89. The molecule has 22 heavy (non-hydrogen) atoms. The van der Waals surface area contributed by atoms with Crippen LogP contribution in [0.15, 0.2) is 24.3 Å². The molecule has 0 spiro atoms. The molecule has 120 valence electrons. The van der Waals surface area contributed by atoms with Crippen LogP contribution in [0, 0.1) is 23.7 Å². The van der Waals surface area contributed by atoms with Crippen molar-refractivity contribution in [1.82, 2.24) is 4.90 Å². The lowest BCUT2D eigenvalue weighted by atomic mass is 9.80. The zero-order valence-corrected chi connectivity index (χ0v) is 13.8. The first-order chi connectivity index (χ1) is 10.6. The van der Waals surface area contributed by atoms with Gasteiger partial charge in [0.1, 0.15) is 0 Å². The molecule has 0 unspecified atom stereocenters. The first-order valence-electron chi connectivity index (χ1n) is 8.26. The highest BCUT2D eigenvalue weighted by Gasteiger charge is 2.45. The normalized spacial score (nSPS) is 29.8. The molecule has 0 aromatic heterocycles. The van der Waals surface area contributed by atoms with Gasteiger partial charge in [0.2, 0.25) is 0 Å². The Morgan fingerprint density at radius 3 is 2.55 bits per heavy atom. The Balaban J connectivity index is 1.72. The van der Waals surface area contributed by atoms with Crippen LogP contribution in [0.1, 0.15) is 36.5 Å². The maximum Gasteiger partial charge on any atom is 0.253 e. The van der Waals surface area contributed by atoms with Crippen LogP contribution in [0.2, 0.25) is 5.02 Å². The lowest BCUT2D eigenvalue weighted by Gasteiger charge is -2.33. The molecular formula is C18H24ClNO2. The Morgan fingerprint density at radius 2 is 1.95 bits per heavy atom. The van der Waals surface area contributed by atoms with Crippen molar-refractivity contribution in [3.63, 3.8) is 0 Å². The molecule has 4 heteroatoms. The van der Waals surface area contributed by atoms with Crippen molar-refractivity contribution in [3.05, 3.63) is 34.9 Å². The number of rotatable bonds is 5. The van der Waals surface area contributed by atoms with E-state index in [1.807, 2.05) is 4.90 Å². The van der Waals surface area contributed by atoms with Crippen molar-refractivity contribution in [3.8, 4) is 0 Å². The standard InChI is InChI=1S/C18H24ClNO2/c1-12-14-2-3-15(10-14)17(12)11-20(8-9-21)18(22)13-4-6-16(19)7-5-13/h4-7,12,14-15,17,21H,2-3,8-11H2,1H3/t12-,14+,15-,17-/m1/s1. The summed E-state index contributed by atoms with van der Waals surface area (Å²) in [4.78, 5) is 14.5. The first-order valence-corrected chi connectivity index (χ1v) is 8.63. The van der Waals surface area contributed by atoms with E-state index in [9.17, 15) is 9.90 Å². The van der Waals surface area contributed by atoms with Crippen LogP contribution < -0.4 is 0 Å². The third-order valence-corrected chi connectivity index (χ3v) is 5.97. The second-order valence-corrected chi connectivity index (χ2v) is 7.27. The van der Waals surface area contributed by atoms with E-state index >= 15 is 0 Å². The number of fused-ring (bicyclic) bond motifs is 2. The van der Waals surface area contributed by atoms with Crippen LogP contribution in [0.3, 0.4) is 0 Å². The van der Waals surface area contributed by atoms with Gasteiger partial charge in [0.25, 0.3) is 5.91 Å². The number of hydrogen-bond donors (Lipinski definition) is 1. The van der Waals surface area contributed by atoms with Gasteiger partial charge in [0.15, 0.2) is 0 Å². The summed E-state index contributed by atoms with van der Waals surface area (Å²) in [5, 5.41) is 9.96. The molecule has 2 bridgehead atoms. The second kappa shape index (κ2) is 6.59. The van der Waals surface area contributed by atoms with Gasteiger partial charge in [-0.25, -0.2) is 0 Å². The lowest BCUT2D eigenvalue weighted by molar-refractivity contribution is 0.0633. The molecule has 4 atom stereocenters. The molecule has 2 fully saturated rings. The van der Waals surface area contributed by atoms with Gasteiger partial charge in [0, 0.05) is 23.7 Å². The molecule has 2 saturated carbocycles. The van der Waals surface area contributed by atoms with E-state index in [0.717, 1.165) is 18.4 Å². The Hall–Kier alpha value is -1.06. The third-order valence-electron chi connectivity index (χ3n) is 5.72. The SMILES string of the molecule is C[C@@H]1[C@H]2CC[C@H](C2)[C@@H]1CN(CCO)C(=O)c1ccc(Cl)cc1. The van der Waals surface area contributed by atoms with Crippen LogP contribution in [0.4, 0.5) is 0 Å². The van der Waals surface area contributed by atoms with E-state index in [2.05, 4.69) is 6.92 Å². The molecule has 1 N–H and O–H groups in total. The third kappa shape index (κ3) is 3.02. The number of aliphatic hydroxyl groups is 1. The minimum Gasteiger partial charge on any atom is -0.395 e. The monoisotopic (exact) mass is 321 g/mol. The zero-order chi connectivity index (χ0) is 15.7. The van der Waals surface area contributed by atoms with E-state index in [0.29, 0.717) is 29.0 Å². The van der Waals surface area contributed by atoms with Gasteiger partial charge in [-0.05, 0) is 67.2 Å². The fourth-order valence-corrected chi connectivity index (χ4v) is 4.57. The highest BCUT2D eigenvalue weighted by atomic mass is 35.5. The maximum atomic E-state index is 12.7. The van der Waals surface area contributed by atoms with Gasteiger partial charge < -0.3 is 10.0 Å². The van der Waals surface area contributed by atoms with Crippen molar-refractivity contribution >= 4 is 17.5 Å². The quantitative estimate of drug-likeness (QED) is 0.902. The van der Waals surface area contributed by atoms with Gasteiger partial charge in [-0.2, -0.15) is 0 Å². The summed E-state index contributed by atoms with van der Waals surface area (Å²) >= 11 is 5.89. The van der Waals surface area contributed by atoms with Crippen LogP contribution in [0.25, 0.3) is 0 Å². The van der Waals surface area contributed by atoms with Gasteiger partial charge in [-0.1, -0.05) is 18.5 Å². The molecule has 0 radical (unpaired) electrons. The Labute approximate surface area is 137 Å². The number of halogens is 1. The van der Waals surface area contributed by atoms with E-state index in [1.54, 1.807) is 24.3 Å². The topological polar surface area (TPSA) is 40.5 Å². The van der Waals surface area contributed by atoms with E-state index in [1.165, 1.54) is 19.3 Å². The molecular weight excluding hydrogens is 298 g/mol. The minimum atomic E-state index is 0.000639. The largest absolute Gasteiger partial charge is 0.395 e. The Bertz CT molecular complexity index is 528. The molecule has 1 aromatic carbocycles. The van der Waals surface area contributed by atoms with E-state index in [4.69, 9.17) is 11.6 Å². The minimum absolute atomic E-state index is 0.000639. The van der Waals surface area contributed by atoms with Crippen LogP contribution >= 0.6 is 11.6 Å². The van der Waals surface area contributed by atoms with E-state index in [-0.39, 0.29) is 12.5 Å². The van der Waals surface area contributed by atoms with Crippen LogP contribution in [-0.4, -0.2) is 35.6 Å². The van der Waals surface area contributed by atoms with Crippen LogP contribution in [0.5, 0.6) is 0 Å². The molecule has 2 aliphatic rings. The Kier molecular flexibility index (Phi) is 4.74. The molecule has 1 aromatic rings. The Morgan fingerprint density at radius 1 is 1.27 bits per heavy atom. The fraction of sp³-hybridized carbons (Fsp3) is 0.611. The fourth-order valence-electron chi connectivity index (χ4n) is 4.44. The summed E-state index contributed by atoms with van der Waals surface area (Å²) in [5.41, 5.74) is 0.647. The van der Waals surface area contributed by atoms with Crippen molar-refractivity contribution in [1.29, 1.82) is 0 Å². The smallest absolute Gasteiger partial charge is 0.253 e. The predicted molar refractivity (Wildman–Crippen MR) is 87.9 cm³/mol. The number of hydrogen-bond acceptors (Lipinski definition) is 2. The van der Waals surface area contributed by atoms with Crippen molar-refractivity contribution in [2.24, 2.45) is 23.7 Å². The van der Waals surface area contributed by atoms with Gasteiger partial charge >= 0.3 is 0 Å².